The van der Waals surface area contributed by atoms with E-state index in [1.807, 2.05) is 40.8 Å². The van der Waals surface area contributed by atoms with Crippen LogP contribution in [0.2, 0.25) is 0 Å². The highest BCUT2D eigenvalue weighted by atomic mass is 127. The first-order valence-corrected chi connectivity index (χ1v) is 4.56. The van der Waals surface area contributed by atoms with Crippen LogP contribution in [0.25, 0.3) is 10.9 Å². The van der Waals surface area contributed by atoms with Gasteiger partial charge < -0.3 is 0 Å². The smallest absolute Gasteiger partial charge is 0.219 e. The molecule has 60 valence electrons. The maximum Gasteiger partial charge on any atom is 0.226 e. The molecule has 0 bridgehead atoms. The second-order valence-corrected chi connectivity index (χ2v) is 3.62. The third-order valence-corrected chi connectivity index (χ3v) is 2.39. The van der Waals surface area contributed by atoms with Gasteiger partial charge >= 0.3 is 0 Å². The third-order valence-electron chi connectivity index (χ3n) is 1.63. The highest BCUT2D eigenvalue weighted by Crippen LogP contribution is 2.16. The number of hydrogen-bond donors (Lipinski definition) is 0. The molecule has 0 saturated carbocycles. The Kier molecular flexibility index (Phi) is 1.96. The second-order valence-electron chi connectivity index (χ2n) is 2.45. The molecule has 0 N–H and O–H groups in total. The van der Waals surface area contributed by atoms with Crippen LogP contribution in [0.1, 0.15) is 0 Å². The molecule has 1 aromatic carbocycles. The Morgan fingerprint density at radius 1 is 1.25 bits per heavy atom. The van der Waals surface area contributed by atoms with Gasteiger partial charge in [0.2, 0.25) is 5.95 Å². The molecule has 0 aliphatic heterocycles. The fourth-order valence-electron chi connectivity index (χ4n) is 1.07. The molecule has 1 heterocycles. The van der Waals surface area contributed by atoms with Crippen molar-refractivity contribution in [1.82, 2.24) is 4.98 Å². The molecule has 0 saturated heterocycles. The third kappa shape index (κ3) is 1.29. The fraction of sp³-hybridized carbons (Fsp3) is 0. The van der Waals surface area contributed by atoms with E-state index >= 15 is 0 Å². The molecule has 0 aliphatic carbocycles. The number of aromatic nitrogens is 1. The van der Waals surface area contributed by atoms with Gasteiger partial charge in [-0.05, 0) is 34.7 Å². The summed E-state index contributed by atoms with van der Waals surface area (Å²) < 4.78 is 13.5. The van der Waals surface area contributed by atoms with E-state index in [2.05, 4.69) is 4.98 Å². The first-order chi connectivity index (χ1) is 5.77. The number of para-hydroxylation sites is 1. The number of fused-ring (bicyclic) bond motifs is 1. The SMILES string of the molecule is Fc1nc2ccccc2cc1I. The molecule has 0 fully saturated rings. The standard InChI is InChI=1S/C9H5FIN/c10-9-7(11)5-6-3-1-2-4-8(6)12-9/h1-5H. The summed E-state index contributed by atoms with van der Waals surface area (Å²) in [5.41, 5.74) is 0.704. The van der Waals surface area contributed by atoms with Crippen molar-refractivity contribution in [1.29, 1.82) is 0 Å². The van der Waals surface area contributed by atoms with Gasteiger partial charge in [0, 0.05) is 5.39 Å². The van der Waals surface area contributed by atoms with E-state index in [9.17, 15) is 4.39 Å². The zero-order chi connectivity index (χ0) is 8.55. The zero-order valence-corrected chi connectivity index (χ0v) is 8.25. The second kappa shape index (κ2) is 2.97. The maximum atomic E-state index is 12.9. The van der Waals surface area contributed by atoms with Crippen LogP contribution >= 0.6 is 22.6 Å². The minimum absolute atomic E-state index is 0.394. The fourth-order valence-corrected chi connectivity index (χ4v) is 1.52. The lowest BCUT2D eigenvalue weighted by molar-refractivity contribution is 0.581. The summed E-state index contributed by atoms with van der Waals surface area (Å²) in [5.74, 6) is -0.394. The van der Waals surface area contributed by atoms with Crippen LogP contribution in [0, 0.1) is 9.52 Å². The molecule has 2 aromatic rings. The largest absolute Gasteiger partial charge is 0.226 e. The van der Waals surface area contributed by atoms with Gasteiger partial charge in [-0.15, -0.1) is 0 Å². The van der Waals surface area contributed by atoms with E-state index in [-0.39, 0.29) is 0 Å². The molecular weight excluding hydrogens is 268 g/mol. The van der Waals surface area contributed by atoms with Gasteiger partial charge in [0.1, 0.15) is 0 Å². The Hall–Kier alpha value is -0.710. The maximum absolute atomic E-state index is 12.9. The van der Waals surface area contributed by atoms with Crippen LogP contribution in [0.3, 0.4) is 0 Å². The van der Waals surface area contributed by atoms with Crippen molar-refractivity contribution in [3.63, 3.8) is 0 Å². The lowest BCUT2D eigenvalue weighted by atomic mass is 10.2. The topological polar surface area (TPSA) is 12.9 Å². The van der Waals surface area contributed by atoms with Crippen molar-refractivity contribution in [2.45, 2.75) is 0 Å². The summed E-state index contributed by atoms with van der Waals surface area (Å²) >= 11 is 1.93. The quantitative estimate of drug-likeness (QED) is 0.531. The van der Waals surface area contributed by atoms with Crippen molar-refractivity contribution in [3.8, 4) is 0 Å². The highest BCUT2D eigenvalue weighted by molar-refractivity contribution is 14.1. The Morgan fingerprint density at radius 2 is 2.00 bits per heavy atom. The Bertz CT molecular complexity index is 387. The zero-order valence-electron chi connectivity index (χ0n) is 6.09. The molecule has 0 radical (unpaired) electrons. The van der Waals surface area contributed by atoms with Crippen LogP contribution in [0.4, 0.5) is 4.39 Å². The van der Waals surface area contributed by atoms with Gasteiger partial charge in [0.05, 0.1) is 9.09 Å². The molecule has 0 atom stereocenters. The number of hydrogen-bond acceptors (Lipinski definition) is 1. The van der Waals surface area contributed by atoms with Crippen molar-refractivity contribution in [2.24, 2.45) is 0 Å². The molecule has 0 unspecified atom stereocenters. The van der Waals surface area contributed by atoms with Gasteiger partial charge in [0.25, 0.3) is 0 Å². The summed E-state index contributed by atoms with van der Waals surface area (Å²) in [6, 6.07) is 9.27. The van der Waals surface area contributed by atoms with Crippen LogP contribution in [-0.4, -0.2) is 4.98 Å². The highest BCUT2D eigenvalue weighted by Gasteiger charge is 2.01. The molecule has 1 aromatic heterocycles. The van der Waals surface area contributed by atoms with Crippen LogP contribution in [0.15, 0.2) is 30.3 Å². The van der Waals surface area contributed by atoms with E-state index in [0.717, 1.165) is 5.39 Å². The van der Waals surface area contributed by atoms with E-state index in [4.69, 9.17) is 0 Å². The predicted octanol–water partition coefficient (Wildman–Crippen LogP) is 2.98. The van der Waals surface area contributed by atoms with Gasteiger partial charge in [-0.25, -0.2) is 4.98 Å². The van der Waals surface area contributed by atoms with Crippen LogP contribution in [-0.2, 0) is 0 Å². The molecular formula is C9H5FIN. The van der Waals surface area contributed by atoms with Gasteiger partial charge in [-0.2, -0.15) is 4.39 Å². The van der Waals surface area contributed by atoms with Crippen molar-refractivity contribution < 1.29 is 4.39 Å². The molecule has 3 heteroatoms. The average Bonchev–Trinajstić information content (AvgIpc) is 2.07. The molecule has 0 amide bonds. The first-order valence-electron chi connectivity index (χ1n) is 3.48. The number of benzene rings is 1. The molecule has 0 aliphatic rings. The summed E-state index contributed by atoms with van der Waals surface area (Å²) in [4.78, 5) is 3.80. The van der Waals surface area contributed by atoms with Crippen molar-refractivity contribution in [2.75, 3.05) is 0 Å². The average molecular weight is 273 g/mol. The van der Waals surface area contributed by atoms with E-state index < -0.39 is 5.95 Å². The molecule has 1 nitrogen and oxygen atoms in total. The minimum Gasteiger partial charge on any atom is -0.219 e. The lowest BCUT2D eigenvalue weighted by Gasteiger charge is -1.97. The predicted molar refractivity (Wildman–Crippen MR) is 54.4 cm³/mol. The molecule has 12 heavy (non-hydrogen) atoms. The number of pyridine rings is 1. The summed E-state index contributed by atoms with van der Waals surface area (Å²) in [7, 11) is 0. The van der Waals surface area contributed by atoms with Gasteiger partial charge in [0.15, 0.2) is 0 Å². The summed E-state index contributed by atoms with van der Waals surface area (Å²) in [6.45, 7) is 0. The number of rotatable bonds is 0. The summed E-state index contributed by atoms with van der Waals surface area (Å²) in [6.07, 6.45) is 0. The lowest BCUT2D eigenvalue weighted by Crippen LogP contribution is -1.88. The molecule has 2 rings (SSSR count). The van der Waals surface area contributed by atoms with Crippen molar-refractivity contribution in [3.05, 3.63) is 39.8 Å². The van der Waals surface area contributed by atoms with E-state index in [1.54, 1.807) is 12.1 Å². The number of nitrogens with zero attached hydrogens (tertiary/aromatic N) is 1. The molecule has 0 spiro atoms. The van der Waals surface area contributed by atoms with Crippen molar-refractivity contribution >= 4 is 33.5 Å². The van der Waals surface area contributed by atoms with Gasteiger partial charge in [-0.1, -0.05) is 18.2 Å². The van der Waals surface area contributed by atoms with E-state index in [0.29, 0.717) is 9.09 Å². The van der Waals surface area contributed by atoms with E-state index in [1.165, 1.54) is 0 Å². The Morgan fingerprint density at radius 3 is 2.83 bits per heavy atom. The van der Waals surface area contributed by atoms with Gasteiger partial charge in [-0.3, -0.25) is 0 Å². The van der Waals surface area contributed by atoms with Crippen LogP contribution in [0.5, 0.6) is 0 Å². The van der Waals surface area contributed by atoms with Crippen LogP contribution < -0.4 is 0 Å². The minimum atomic E-state index is -0.394. The normalized spacial score (nSPS) is 10.5. The Labute approximate surface area is 82.8 Å². The summed E-state index contributed by atoms with van der Waals surface area (Å²) in [5, 5.41) is 0.975. The Balaban J connectivity index is 2.84. The first kappa shape index (κ1) is 7.91. The number of halogens is 2. The monoisotopic (exact) mass is 273 g/mol.